The van der Waals surface area contributed by atoms with Gasteiger partial charge in [-0.3, -0.25) is 4.79 Å². The van der Waals surface area contributed by atoms with E-state index < -0.39 is 16.0 Å². The summed E-state index contributed by atoms with van der Waals surface area (Å²) in [7, 11) is -4.10. The molecule has 10 heteroatoms. The van der Waals surface area contributed by atoms with Crippen molar-refractivity contribution >= 4 is 62.2 Å². The van der Waals surface area contributed by atoms with Crippen LogP contribution in [0.4, 0.5) is 0 Å². The van der Waals surface area contributed by atoms with Crippen LogP contribution in [0.3, 0.4) is 0 Å². The number of benzene rings is 2. The molecule has 140 valence electrons. The fourth-order valence-corrected chi connectivity index (χ4v) is 4.50. The molecular weight excluding hydrogens is 431 g/mol. The van der Waals surface area contributed by atoms with Gasteiger partial charge in [-0.15, -0.1) is 0 Å². The number of thioether (sulfide) groups is 1. The highest BCUT2D eigenvalue weighted by atomic mass is 35.5. The van der Waals surface area contributed by atoms with Crippen molar-refractivity contribution in [1.82, 2.24) is 0 Å². The smallest absolute Gasteiger partial charge is 0.339 e. The van der Waals surface area contributed by atoms with E-state index in [1.165, 1.54) is 30.3 Å². The lowest BCUT2D eigenvalue weighted by Gasteiger charge is -2.11. The number of aryl methyl sites for hydroxylation is 1. The van der Waals surface area contributed by atoms with Gasteiger partial charge in [-0.1, -0.05) is 40.9 Å². The molecule has 0 spiro atoms. The normalized spacial score (nSPS) is 15.9. The highest BCUT2D eigenvalue weighted by Gasteiger charge is 2.22. The lowest BCUT2D eigenvalue weighted by atomic mass is 10.2. The molecule has 0 aromatic heterocycles. The molecule has 0 fully saturated rings. The van der Waals surface area contributed by atoms with E-state index in [1.54, 1.807) is 12.1 Å². The Balaban J connectivity index is 1.91. The number of carbonyl (C=O) groups excluding carboxylic acids is 1. The molecule has 1 heterocycles. The van der Waals surface area contributed by atoms with Gasteiger partial charge in [0.1, 0.15) is 4.90 Å². The van der Waals surface area contributed by atoms with E-state index in [0.29, 0.717) is 10.5 Å². The molecule has 3 rings (SSSR count). The summed E-state index contributed by atoms with van der Waals surface area (Å²) in [5.74, 6) is -0.658. The first-order valence-electron chi connectivity index (χ1n) is 7.44. The van der Waals surface area contributed by atoms with Gasteiger partial charge in [0, 0.05) is 0 Å². The molecule has 0 unspecified atom stereocenters. The summed E-state index contributed by atoms with van der Waals surface area (Å²) < 4.78 is 30.0. The summed E-state index contributed by atoms with van der Waals surface area (Å²) in [5.41, 5.74) is 6.89. The van der Waals surface area contributed by atoms with Crippen molar-refractivity contribution in [3.8, 4) is 5.75 Å². The van der Waals surface area contributed by atoms with Gasteiger partial charge in [0.05, 0.1) is 15.0 Å². The van der Waals surface area contributed by atoms with E-state index in [4.69, 9.17) is 33.1 Å². The number of nitrogens with two attached hydrogens (primary N) is 1. The van der Waals surface area contributed by atoms with E-state index in [1.807, 2.05) is 6.92 Å². The minimum Gasteiger partial charge on any atom is -0.378 e. The molecule has 1 amide bonds. The third kappa shape index (κ3) is 4.47. The zero-order valence-corrected chi connectivity index (χ0v) is 16.9. The molecule has 1 aliphatic rings. The Labute approximate surface area is 170 Å². The molecule has 0 saturated carbocycles. The zero-order valence-electron chi connectivity index (χ0n) is 13.8. The van der Waals surface area contributed by atoms with Crippen molar-refractivity contribution in [2.24, 2.45) is 10.7 Å². The number of carbonyl (C=O) groups is 1. The first-order chi connectivity index (χ1) is 12.7. The molecule has 2 aromatic carbocycles. The number of hydrogen-bond acceptors (Lipinski definition) is 6. The Morgan fingerprint density at radius 2 is 1.74 bits per heavy atom. The number of rotatable bonds is 4. The Bertz CT molecular complexity index is 1070. The van der Waals surface area contributed by atoms with Gasteiger partial charge in [0.2, 0.25) is 0 Å². The number of amidine groups is 1. The lowest BCUT2D eigenvalue weighted by Crippen LogP contribution is -2.10. The molecule has 6 nitrogen and oxygen atoms in total. The lowest BCUT2D eigenvalue weighted by molar-refractivity contribution is -0.113. The first-order valence-corrected chi connectivity index (χ1v) is 10.4. The molecule has 2 N–H and O–H groups in total. The SMILES string of the molecule is Cc1ccc(S(=O)(=O)Oc2c(Cl)cc(/C=C3\SC(N)=NC3=O)cc2Cl)cc1. The molecule has 0 radical (unpaired) electrons. The van der Waals surface area contributed by atoms with E-state index in [-0.39, 0.29) is 25.9 Å². The number of aliphatic imine (C=N–C) groups is 1. The van der Waals surface area contributed by atoms with Crippen molar-refractivity contribution in [2.45, 2.75) is 11.8 Å². The highest BCUT2D eigenvalue weighted by molar-refractivity contribution is 8.18. The van der Waals surface area contributed by atoms with Gasteiger partial charge in [-0.2, -0.15) is 13.4 Å². The maximum absolute atomic E-state index is 12.4. The van der Waals surface area contributed by atoms with Crippen LogP contribution in [0, 0.1) is 6.92 Å². The molecule has 0 saturated heterocycles. The summed E-state index contributed by atoms with van der Waals surface area (Å²) in [5, 5.41) is 0.108. The predicted octanol–water partition coefficient (Wildman–Crippen LogP) is 4.00. The number of hydrogen-bond donors (Lipinski definition) is 1. The van der Waals surface area contributed by atoms with Crippen molar-refractivity contribution < 1.29 is 17.4 Å². The van der Waals surface area contributed by atoms with Crippen LogP contribution < -0.4 is 9.92 Å². The van der Waals surface area contributed by atoms with Crippen molar-refractivity contribution in [3.63, 3.8) is 0 Å². The Kier molecular flexibility index (Phi) is 5.53. The number of amides is 1. The topological polar surface area (TPSA) is 98.8 Å². The number of nitrogens with zero attached hydrogens (tertiary/aromatic N) is 1. The maximum Gasteiger partial charge on any atom is 0.339 e. The van der Waals surface area contributed by atoms with E-state index in [0.717, 1.165) is 17.3 Å². The summed E-state index contributed by atoms with van der Waals surface area (Å²) in [6, 6.07) is 9.03. The highest BCUT2D eigenvalue weighted by Crippen LogP contribution is 2.37. The van der Waals surface area contributed by atoms with Crippen LogP contribution in [-0.4, -0.2) is 19.5 Å². The van der Waals surface area contributed by atoms with Crippen LogP contribution in [0.2, 0.25) is 10.0 Å². The molecular formula is C17H12Cl2N2O4S2. The second-order valence-electron chi connectivity index (χ2n) is 5.53. The van der Waals surface area contributed by atoms with Crippen LogP contribution >= 0.6 is 35.0 Å². The predicted molar refractivity (Wildman–Crippen MR) is 108 cm³/mol. The zero-order chi connectivity index (χ0) is 19.8. The number of halogens is 2. The van der Waals surface area contributed by atoms with E-state index in [2.05, 4.69) is 4.99 Å². The average Bonchev–Trinajstić information content (AvgIpc) is 2.89. The molecule has 1 aliphatic heterocycles. The molecule has 27 heavy (non-hydrogen) atoms. The summed E-state index contributed by atoms with van der Waals surface area (Å²) >= 11 is 13.3. The van der Waals surface area contributed by atoms with Crippen LogP contribution in [0.1, 0.15) is 11.1 Å². The minimum absolute atomic E-state index is 0.0191. The van der Waals surface area contributed by atoms with E-state index >= 15 is 0 Å². The van der Waals surface area contributed by atoms with Gasteiger partial charge in [0.15, 0.2) is 10.9 Å². The summed E-state index contributed by atoms with van der Waals surface area (Å²) in [6.07, 6.45) is 1.51. The van der Waals surface area contributed by atoms with Gasteiger partial charge >= 0.3 is 10.1 Å². The monoisotopic (exact) mass is 442 g/mol. The molecule has 0 aliphatic carbocycles. The van der Waals surface area contributed by atoms with Crippen molar-refractivity contribution in [2.75, 3.05) is 0 Å². The average molecular weight is 443 g/mol. The van der Waals surface area contributed by atoms with Crippen LogP contribution in [0.5, 0.6) is 5.75 Å². The van der Waals surface area contributed by atoms with Crippen molar-refractivity contribution in [3.05, 3.63) is 62.5 Å². The van der Waals surface area contributed by atoms with Gasteiger partial charge in [-0.05, 0) is 54.6 Å². The third-order valence-corrected chi connectivity index (χ3v) is 6.07. The van der Waals surface area contributed by atoms with Crippen LogP contribution in [0.25, 0.3) is 6.08 Å². The molecule has 0 bridgehead atoms. The summed E-state index contributed by atoms with van der Waals surface area (Å²) in [4.78, 5) is 15.5. The first kappa shape index (κ1) is 19.8. The fraction of sp³-hybridized carbons (Fsp3) is 0.0588. The third-order valence-electron chi connectivity index (χ3n) is 3.46. The minimum atomic E-state index is -4.10. The Morgan fingerprint density at radius 3 is 2.26 bits per heavy atom. The van der Waals surface area contributed by atoms with Gasteiger partial charge < -0.3 is 9.92 Å². The second kappa shape index (κ2) is 7.55. The van der Waals surface area contributed by atoms with Crippen molar-refractivity contribution in [1.29, 1.82) is 0 Å². The standard InChI is InChI=1S/C17H12Cl2N2O4S2/c1-9-2-4-11(5-3-9)27(23,24)25-15-12(18)6-10(7-13(15)19)8-14-16(22)21-17(20)26-14/h2-8H,1H3,(H2,20,21,22)/b14-8-. The molecule has 2 aromatic rings. The quantitative estimate of drug-likeness (QED) is 0.567. The Hall–Kier alpha value is -2.00. The van der Waals surface area contributed by atoms with E-state index in [9.17, 15) is 13.2 Å². The second-order valence-corrected chi connectivity index (χ2v) is 8.95. The molecule has 0 atom stereocenters. The maximum atomic E-state index is 12.4. The largest absolute Gasteiger partial charge is 0.378 e. The van der Waals surface area contributed by atoms with Gasteiger partial charge in [-0.25, -0.2) is 0 Å². The van der Waals surface area contributed by atoms with Crippen LogP contribution in [-0.2, 0) is 14.9 Å². The summed E-state index contributed by atoms with van der Waals surface area (Å²) in [6.45, 7) is 1.84. The fourth-order valence-electron chi connectivity index (χ4n) is 2.18. The van der Waals surface area contributed by atoms with Crippen LogP contribution in [0.15, 0.2) is 51.2 Å². The Morgan fingerprint density at radius 1 is 1.15 bits per heavy atom. The van der Waals surface area contributed by atoms with Gasteiger partial charge in [0.25, 0.3) is 5.91 Å².